The van der Waals surface area contributed by atoms with Crippen LogP contribution < -0.4 is 11.1 Å². The van der Waals surface area contributed by atoms with Gasteiger partial charge in [0.2, 0.25) is 5.91 Å². The smallest absolute Gasteiger partial charge is 0.233 e. The van der Waals surface area contributed by atoms with Crippen LogP contribution in [0.3, 0.4) is 0 Å². The number of hydrogen-bond donors (Lipinski definition) is 2. The quantitative estimate of drug-likeness (QED) is 0.769. The summed E-state index contributed by atoms with van der Waals surface area (Å²) < 4.78 is 0. The maximum Gasteiger partial charge on any atom is 0.233 e. The van der Waals surface area contributed by atoms with E-state index in [9.17, 15) is 4.79 Å². The summed E-state index contributed by atoms with van der Waals surface area (Å²) in [5.41, 5.74) is 9.00. The summed E-state index contributed by atoms with van der Waals surface area (Å²) in [7, 11) is 0. The van der Waals surface area contributed by atoms with E-state index in [0.29, 0.717) is 6.54 Å². The highest BCUT2D eigenvalue weighted by Gasteiger charge is 2.00. The highest BCUT2D eigenvalue weighted by Crippen LogP contribution is 2.10. The molecule has 0 aliphatic carbocycles. The summed E-state index contributed by atoms with van der Waals surface area (Å²) >= 11 is 0. The molecule has 1 amide bonds. The average Bonchev–Trinajstić information content (AvgIpc) is 2.23. The molecule has 3 N–H and O–H groups in total. The topological polar surface area (TPSA) is 55.1 Å². The van der Waals surface area contributed by atoms with Crippen LogP contribution >= 0.6 is 0 Å². The minimum absolute atomic E-state index is 0.0623. The second kappa shape index (κ2) is 5.51. The first-order valence-corrected chi connectivity index (χ1v) is 5.16. The minimum Gasteiger partial charge on any atom is -0.355 e. The van der Waals surface area contributed by atoms with Crippen molar-refractivity contribution in [2.45, 2.75) is 20.3 Å². The predicted molar refractivity (Wildman–Crippen MR) is 61.7 cm³/mol. The summed E-state index contributed by atoms with van der Waals surface area (Å²) in [6.45, 7) is 4.87. The van der Waals surface area contributed by atoms with E-state index >= 15 is 0 Å². The molecule has 1 aromatic rings. The molecule has 0 radical (unpaired) electrons. The van der Waals surface area contributed by atoms with Gasteiger partial charge >= 0.3 is 0 Å². The van der Waals surface area contributed by atoms with Crippen LogP contribution in [0, 0.1) is 13.8 Å². The molecule has 0 aliphatic heterocycles. The van der Waals surface area contributed by atoms with Gasteiger partial charge in [-0.25, -0.2) is 0 Å². The highest BCUT2D eigenvalue weighted by atomic mass is 16.1. The normalized spacial score (nSPS) is 10.1. The van der Waals surface area contributed by atoms with Crippen molar-refractivity contribution in [2.24, 2.45) is 5.73 Å². The van der Waals surface area contributed by atoms with Gasteiger partial charge in [-0.15, -0.1) is 0 Å². The number of nitrogens with two attached hydrogens (primary N) is 1. The van der Waals surface area contributed by atoms with Crippen molar-refractivity contribution in [1.29, 1.82) is 0 Å². The van der Waals surface area contributed by atoms with Crippen LogP contribution in [0.1, 0.15) is 16.7 Å². The molecule has 0 aliphatic rings. The van der Waals surface area contributed by atoms with Crippen molar-refractivity contribution in [1.82, 2.24) is 5.32 Å². The van der Waals surface area contributed by atoms with Crippen molar-refractivity contribution >= 4 is 5.91 Å². The summed E-state index contributed by atoms with van der Waals surface area (Å²) in [5.74, 6) is -0.0969. The Morgan fingerprint density at radius 3 is 2.80 bits per heavy atom. The van der Waals surface area contributed by atoms with Crippen LogP contribution in [0.2, 0.25) is 0 Å². The molecule has 0 aromatic heterocycles. The third kappa shape index (κ3) is 3.72. The van der Waals surface area contributed by atoms with Gasteiger partial charge in [0.1, 0.15) is 0 Å². The molecule has 0 atom stereocenters. The molecule has 1 rings (SSSR count). The van der Waals surface area contributed by atoms with Gasteiger partial charge in [-0.05, 0) is 31.4 Å². The first-order valence-electron chi connectivity index (χ1n) is 5.16. The van der Waals surface area contributed by atoms with Gasteiger partial charge in [0.25, 0.3) is 0 Å². The molecule has 0 spiro atoms. The predicted octanol–water partition coefficient (Wildman–Crippen LogP) is 0.921. The molecule has 0 unspecified atom stereocenters. The van der Waals surface area contributed by atoms with Gasteiger partial charge in [-0.1, -0.05) is 23.8 Å². The zero-order valence-corrected chi connectivity index (χ0v) is 9.34. The molecular weight excluding hydrogens is 188 g/mol. The number of carbonyl (C=O) groups excluding carboxylic acids is 1. The molecular formula is C12H18N2O. The SMILES string of the molecule is Cc1ccc(C)c(CCNC(=O)CN)c1. The Hall–Kier alpha value is -1.35. The van der Waals surface area contributed by atoms with Crippen LogP contribution in [-0.4, -0.2) is 19.0 Å². The van der Waals surface area contributed by atoms with E-state index in [4.69, 9.17) is 5.73 Å². The molecule has 0 bridgehead atoms. The number of carbonyl (C=O) groups is 1. The van der Waals surface area contributed by atoms with E-state index in [1.165, 1.54) is 16.7 Å². The molecule has 1 aromatic carbocycles. The Morgan fingerprint density at radius 2 is 2.13 bits per heavy atom. The van der Waals surface area contributed by atoms with E-state index in [1.807, 2.05) is 0 Å². The van der Waals surface area contributed by atoms with Crippen LogP contribution in [0.25, 0.3) is 0 Å². The summed E-state index contributed by atoms with van der Waals surface area (Å²) in [4.78, 5) is 10.9. The fourth-order valence-corrected chi connectivity index (χ4v) is 1.48. The standard InChI is InChI=1S/C12H18N2O/c1-9-3-4-10(2)11(7-9)5-6-14-12(15)8-13/h3-4,7H,5-6,8,13H2,1-2H3,(H,14,15). The van der Waals surface area contributed by atoms with Crippen molar-refractivity contribution < 1.29 is 4.79 Å². The lowest BCUT2D eigenvalue weighted by Gasteiger charge is -2.07. The van der Waals surface area contributed by atoms with Gasteiger partial charge in [-0.3, -0.25) is 4.79 Å². The maximum atomic E-state index is 10.9. The second-order valence-corrected chi connectivity index (χ2v) is 3.73. The Morgan fingerprint density at radius 1 is 1.40 bits per heavy atom. The van der Waals surface area contributed by atoms with E-state index in [0.717, 1.165) is 6.42 Å². The first-order chi connectivity index (χ1) is 7.13. The summed E-state index contributed by atoms with van der Waals surface area (Å²) in [5, 5.41) is 2.76. The lowest BCUT2D eigenvalue weighted by molar-refractivity contribution is -0.119. The van der Waals surface area contributed by atoms with Gasteiger partial charge in [0.15, 0.2) is 0 Å². The van der Waals surface area contributed by atoms with Crippen molar-refractivity contribution in [3.63, 3.8) is 0 Å². The maximum absolute atomic E-state index is 10.9. The number of benzene rings is 1. The minimum atomic E-state index is -0.0969. The van der Waals surface area contributed by atoms with Gasteiger partial charge in [0.05, 0.1) is 6.54 Å². The molecule has 0 fully saturated rings. The number of rotatable bonds is 4. The van der Waals surface area contributed by atoms with E-state index < -0.39 is 0 Å². The van der Waals surface area contributed by atoms with Crippen molar-refractivity contribution in [3.05, 3.63) is 34.9 Å². The van der Waals surface area contributed by atoms with Crippen LogP contribution in [0.5, 0.6) is 0 Å². The molecule has 0 heterocycles. The van der Waals surface area contributed by atoms with Gasteiger partial charge in [0, 0.05) is 6.54 Å². The number of aryl methyl sites for hydroxylation is 2. The molecule has 3 heteroatoms. The van der Waals surface area contributed by atoms with Crippen LogP contribution in [0.4, 0.5) is 0 Å². The fourth-order valence-electron chi connectivity index (χ4n) is 1.48. The van der Waals surface area contributed by atoms with Crippen molar-refractivity contribution in [2.75, 3.05) is 13.1 Å². The number of hydrogen-bond acceptors (Lipinski definition) is 2. The van der Waals surface area contributed by atoms with Crippen LogP contribution in [0.15, 0.2) is 18.2 Å². The summed E-state index contributed by atoms with van der Waals surface area (Å²) in [6, 6.07) is 6.36. The lowest BCUT2D eigenvalue weighted by atomic mass is 10.0. The molecule has 82 valence electrons. The molecule has 15 heavy (non-hydrogen) atoms. The summed E-state index contributed by atoms with van der Waals surface area (Å²) in [6.07, 6.45) is 0.860. The monoisotopic (exact) mass is 206 g/mol. The second-order valence-electron chi connectivity index (χ2n) is 3.73. The Labute approximate surface area is 90.7 Å². The van der Waals surface area contributed by atoms with Crippen molar-refractivity contribution in [3.8, 4) is 0 Å². The lowest BCUT2D eigenvalue weighted by Crippen LogP contribution is -2.31. The van der Waals surface area contributed by atoms with Crippen LogP contribution in [-0.2, 0) is 11.2 Å². The third-order valence-corrected chi connectivity index (χ3v) is 2.41. The van der Waals surface area contributed by atoms with E-state index in [-0.39, 0.29) is 12.5 Å². The largest absolute Gasteiger partial charge is 0.355 e. The van der Waals surface area contributed by atoms with E-state index in [1.54, 1.807) is 0 Å². The fraction of sp³-hybridized carbons (Fsp3) is 0.417. The Bertz CT molecular complexity index is 347. The molecule has 0 saturated heterocycles. The van der Waals surface area contributed by atoms with Gasteiger partial charge < -0.3 is 11.1 Å². The first kappa shape index (κ1) is 11.7. The molecule has 3 nitrogen and oxygen atoms in total. The zero-order valence-electron chi connectivity index (χ0n) is 9.34. The average molecular weight is 206 g/mol. The highest BCUT2D eigenvalue weighted by molar-refractivity contribution is 5.77. The Kier molecular flexibility index (Phi) is 4.31. The third-order valence-electron chi connectivity index (χ3n) is 2.41. The molecule has 0 saturated carbocycles. The zero-order chi connectivity index (χ0) is 11.3. The Balaban J connectivity index is 2.50. The van der Waals surface area contributed by atoms with E-state index in [2.05, 4.69) is 37.4 Å². The van der Waals surface area contributed by atoms with Gasteiger partial charge in [-0.2, -0.15) is 0 Å². The number of nitrogens with one attached hydrogen (secondary N) is 1. The number of amides is 1.